The van der Waals surface area contributed by atoms with E-state index in [4.69, 9.17) is 10.5 Å². The molecule has 0 saturated heterocycles. The van der Waals surface area contributed by atoms with Gasteiger partial charge in [-0.1, -0.05) is 17.2 Å². The predicted molar refractivity (Wildman–Crippen MR) is 63.6 cm³/mol. The minimum atomic E-state index is 0.0259. The van der Waals surface area contributed by atoms with E-state index in [1.807, 2.05) is 24.3 Å². The van der Waals surface area contributed by atoms with Crippen molar-refractivity contribution in [3.63, 3.8) is 0 Å². The number of nitrogens with two attached hydrogens (primary N) is 1. The van der Waals surface area contributed by atoms with Gasteiger partial charge in [0.1, 0.15) is 11.6 Å². The molecular formula is C12H14N4O. The van der Waals surface area contributed by atoms with Crippen molar-refractivity contribution in [1.82, 2.24) is 15.2 Å². The lowest BCUT2D eigenvalue weighted by Crippen LogP contribution is -2.34. The number of para-hydroxylation sites is 1. The molecule has 1 aromatic heterocycles. The summed E-state index contributed by atoms with van der Waals surface area (Å²) in [5, 5.41) is 8.04. The molecule has 2 aromatic rings. The number of rotatable bonds is 2. The molecular weight excluding hydrogens is 216 g/mol. The van der Waals surface area contributed by atoms with Crippen LogP contribution in [0, 0.1) is 0 Å². The van der Waals surface area contributed by atoms with Crippen molar-refractivity contribution >= 4 is 11.0 Å². The molecule has 5 heteroatoms. The molecule has 1 fully saturated rings. The van der Waals surface area contributed by atoms with Gasteiger partial charge in [-0.2, -0.15) is 4.98 Å². The first kappa shape index (κ1) is 10.4. The molecule has 0 amide bonds. The van der Waals surface area contributed by atoms with Crippen LogP contribution in [0.1, 0.15) is 19.3 Å². The van der Waals surface area contributed by atoms with Gasteiger partial charge in [-0.15, -0.1) is 5.10 Å². The molecule has 0 bridgehead atoms. The second-order valence-electron chi connectivity index (χ2n) is 4.33. The van der Waals surface area contributed by atoms with Gasteiger partial charge in [-0.3, -0.25) is 0 Å². The summed E-state index contributed by atoms with van der Waals surface area (Å²) in [5.74, 6) is 0. The summed E-state index contributed by atoms with van der Waals surface area (Å²) >= 11 is 0. The zero-order valence-corrected chi connectivity index (χ0v) is 9.41. The van der Waals surface area contributed by atoms with Gasteiger partial charge in [0.05, 0.1) is 5.52 Å². The first-order valence-corrected chi connectivity index (χ1v) is 5.84. The van der Waals surface area contributed by atoms with E-state index in [2.05, 4.69) is 15.2 Å². The Balaban J connectivity index is 1.85. The van der Waals surface area contributed by atoms with E-state index in [0.29, 0.717) is 6.01 Å². The summed E-state index contributed by atoms with van der Waals surface area (Å²) in [6.07, 6.45) is 3.11. The van der Waals surface area contributed by atoms with Gasteiger partial charge in [0.2, 0.25) is 0 Å². The number of nitrogens with zero attached hydrogens (tertiary/aromatic N) is 3. The van der Waals surface area contributed by atoms with E-state index in [-0.39, 0.29) is 12.1 Å². The summed E-state index contributed by atoms with van der Waals surface area (Å²) in [7, 11) is 0. The number of ether oxygens (including phenoxy) is 1. The topological polar surface area (TPSA) is 73.9 Å². The molecule has 1 aliphatic carbocycles. The third kappa shape index (κ3) is 2.06. The van der Waals surface area contributed by atoms with Crippen LogP contribution in [0.4, 0.5) is 0 Å². The molecule has 1 saturated carbocycles. The molecule has 0 spiro atoms. The van der Waals surface area contributed by atoms with Crippen molar-refractivity contribution in [1.29, 1.82) is 0 Å². The van der Waals surface area contributed by atoms with Crippen LogP contribution in [0.3, 0.4) is 0 Å². The fourth-order valence-corrected chi connectivity index (χ4v) is 2.15. The van der Waals surface area contributed by atoms with Crippen molar-refractivity contribution in [3.05, 3.63) is 24.3 Å². The Morgan fingerprint density at radius 3 is 2.71 bits per heavy atom. The molecule has 1 aromatic carbocycles. The molecule has 2 N–H and O–H groups in total. The van der Waals surface area contributed by atoms with Crippen LogP contribution in [0.2, 0.25) is 0 Å². The SMILES string of the molecule is NC1CCCC1Oc1nnc2ccccc2n1. The molecule has 1 heterocycles. The molecule has 88 valence electrons. The Kier molecular flexibility index (Phi) is 2.60. The van der Waals surface area contributed by atoms with Crippen LogP contribution in [0.15, 0.2) is 24.3 Å². The van der Waals surface area contributed by atoms with E-state index in [0.717, 1.165) is 30.3 Å². The maximum Gasteiger partial charge on any atom is 0.336 e. The quantitative estimate of drug-likeness (QED) is 0.841. The highest BCUT2D eigenvalue weighted by Crippen LogP contribution is 2.21. The minimum absolute atomic E-state index is 0.0259. The molecule has 0 radical (unpaired) electrons. The lowest BCUT2D eigenvalue weighted by atomic mass is 10.2. The molecule has 0 aliphatic heterocycles. The van der Waals surface area contributed by atoms with Crippen molar-refractivity contribution in [2.45, 2.75) is 31.4 Å². The smallest absolute Gasteiger partial charge is 0.336 e. The Bertz CT molecular complexity index is 531. The summed E-state index contributed by atoms with van der Waals surface area (Å²) in [6, 6.07) is 8.01. The molecule has 5 nitrogen and oxygen atoms in total. The van der Waals surface area contributed by atoms with Gasteiger partial charge in [-0.25, -0.2) is 0 Å². The number of hydrogen-bond donors (Lipinski definition) is 1. The van der Waals surface area contributed by atoms with Crippen LogP contribution in [0.5, 0.6) is 6.01 Å². The van der Waals surface area contributed by atoms with E-state index in [1.165, 1.54) is 0 Å². The first-order chi connectivity index (χ1) is 8.33. The maximum absolute atomic E-state index is 5.94. The first-order valence-electron chi connectivity index (χ1n) is 5.84. The largest absolute Gasteiger partial charge is 0.457 e. The Morgan fingerprint density at radius 2 is 1.94 bits per heavy atom. The summed E-state index contributed by atoms with van der Waals surface area (Å²) in [4.78, 5) is 4.32. The van der Waals surface area contributed by atoms with Crippen LogP contribution < -0.4 is 10.5 Å². The predicted octanol–water partition coefficient (Wildman–Crippen LogP) is 1.28. The highest BCUT2D eigenvalue weighted by atomic mass is 16.5. The van der Waals surface area contributed by atoms with Crippen LogP contribution >= 0.6 is 0 Å². The molecule has 1 aliphatic rings. The van der Waals surface area contributed by atoms with Crippen LogP contribution in [0.25, 0.3) is 11.0 Å². The van der Waals surface area contributed by atoms with Gasteiger partial charge in [0.25, 0.3) is 0 Å². The third-order valence-corrected chi connectivity index (χ3v) is 3.10. The molecule has 2 atom stereocenters. The van der Waals surface area contributed by atoms with E-state index < -0.39 is 0 Å². The summed E-state index contributed by atoms with van der Waals surface area (Å²) in [5.41, 5.74) is 7.51. The molecule has 2 unspecified atom stereocenters. The maximum atomic E-state index is 5.94. The Morgan fingerprint density at radius 1 is 1.12 bits per heavy atom. The third-order valence-electron chi connectivity index (χ3n) is 3.10. The summed E-state index contributed by atoms with van der Waals surface area (Å²) < 4.78 is 5.69. The van der Waals surface area contributed by atoms with E-state index in [1.54, 1.807) is 0 Å². The molecule has 3 rings (SSSR count). The van der Waals surface area contributed by atoms with Gasteiger partial charge < -0.3 is 10.5 Å². The van der Waals surface area contributed by atoms with Gasteiger partial charge >= 0.3 is 6.01 Å². The van der Waals surface area contributed by atoms with Crippen molar-refractivity contribution in [2.24, 2.45) is 5.73 Å². The zero-order chi connectivity index (χ0) is 11.7. The normalized spacial score (nSPS) is 24.1. The van der Waals surface area contributed by atoms with Crippen molar-refractivity contribution in [2.75, 3.05) is 0 Å². The van der Waals surface area contributed by atoms with Gasteiger partial charge in [-0.05, 0) is 31.4 Å². The number of aromatic nitrogens is 3. The monoisotopic (exact) mass is 230 g/mol. The van der Waals surface area contributed by atoms with Crippen LogP contribution in [-0.4, -0.2) is 27.3 Å². The fourth-order valence-electron chi connectivity index (χ4n) is 2.15. The number of fused-ring (bicyclic) bond motifs is 1. The van der Waals surface area contributed by atoms with E-state index in [9.17, 15) is 0 Å². The zero-order valence-electron chi connectivity index (χ0n) is 9.41. The second-order valence-corrected chi connectivity index (χ2v) is 4.33. The second kappa shape index (κ2) is 4.25. The number of benzene rings is 1. The fraction of sp³-hybridized carbons (Fsp3) is 0.417. The average molecular weight is 230 g/mol. The standard InChI is InChI=1S/C12H14N4O/c13-8-4-3-7-11(8)17-12-14-9-5-1-2-6-10(9)15-16-12/h1-2,5-6,8,11H,3-4,7,13H2. The van der Waals surface area contributed by atoms with E-state index >= 15 is 0 Å². The average Bonchev–Trinajstić information content (AvgIpc) is 2.75. The number of hydrogen-bond acceptors (Lipinski definition) is 5. The Labute approximate surface area is 99.0 Å². The lowest BCUT2D eigenvalue weighted by Gasteiger charge is -2.15. The van der Waals surface area contributed by atoms with Crippen molar-refractivity contribution < 1.29 is 4.74 Å². The highest BCUT2D eigenvalue weighted by Gasteiger charge is 2.26. The van der Waals surface area contributed by atoms with Gasteiger partial charge in [0.15, 0.2) is 0 Å². The lowest BCUT2D eigenvalue weighted by molar-refractivity contribution is 0.174. The highest BCUT2D eigenvalue weighted by molar-refractivity contribution is 5.73. The minimum Gasteiger partial charge on any atom is -0.457 e. The van der Waals surface area contributed by atoms with Gasteiger partial charge in [0, 0.05) is 6.04 Å². The molecule has 17 heavy (non-hydrogen) atoms. The Hall–Kier alpha value is -1.75. The summed E-state index contributed by atoms with van der Waals surface area (Å²) in [6.45, 7) is 0. The van der Waals surface area contributed by atoms with Crippen molar-refractivity contribution in [3.8, 4) is 6.01 Å². The van der Waals surface area contributed by atoms with Crippen LogP contribution in [-0.2, 0) is 0 Å².